The number of nitrogens with zero attached hydrogens (tertiary/aromatic N) is 3. The number of nitrogens with one attached hydrogen (secondary N) is 1. The molecule has 1 aromatic heterocycles. The number of aromatic nitrogens is 2. The first-order valence-corrected chi connectivity index (χ1v) is 8.80. The number of amides is 2. The SMILES string of the molecule is C=CCN(Cc1nc(-c2ccccc2)no1)C(=O)NC1CCCCC1. The van der Waals surface area contributed by atoms with Crippen LogP contribution in [0.3, 0.4) is 0 Å². The maximum Gasteiger partial charge on any atom is 0.318 e. The van der Waals surface area contributed by atoms with E-state index in [9.17, 15) is 4.79 Å². The minimum atomic E-state index is -0.105. The quantitative estimate of drug-likeness (QED) is 0.813. The number of urea groups is 1. The fourth-order valence-corrected chi connectivity index (χ4v) is 3.07. The highest BCUT2D eigenvalue weighted by atomic mass is 16.5. The first-order chi connectivity index (χ1) is 12.3. The van der Waals surface area contributed by atoms with E-state index in [-0.39, 0.29) is 18.6 Å². The summed E-state index contributed by atoms with van der Waals surface area (Å²) in [5.74, 6) is 0.946. The van der Waals surface area contributed by atoms with Crippen LogP contribution >= 0.6 is 0 Å². The molecule has 1 aromatic carbocycles. The zero-order valence-electron chi connectivity index (χ0n) is 14.4. The summed E-state index contributed by atoms with van der Waals surface area (Å²) in [6.45, 7) is 4.44. The molecule has 3 rings (SSSR count). The zero-order chi connectivity index (χ0) is 17.5. The van der Waals surface area contributed by atoms with E-state index >= 15 is 0 Å². The highest BCUT2D eigenvalue weighted by Crippen LogP contribution is 2.18. The van der Waals surface area contributed by atoms with E-state index in [1.165, 1.54) is 19.3 Å². The van der Waals surface area contributed by atoms with Crippen molar-refractivity contribution in [3.8, 4) is 11.4 Å². The lowest BCUT2D eigenvalue weighted by Crippen LogP contribution is -2.45. The zero-order valence-corrected chi connectivity index (χ0v) is 14.4. The van der Waals surface area contributed by atoms with E-state index in [2.05, 4.69) is 22.0 Å². The Kier molecular flexibility index (Phi) is 5.82. The molecular formula is C19H24N4O2. The average molecular weight is 340 g/mol. The molecule has 6 nitrogen and oxygen atoms in total. The van der Waals surface area contributed by atoms with Crippen molar-refractivity contribution in [1.29, 1.82) is 0 Å². The van der Waals surface area contributed by atoms with E-state index in [4.69, 9.17) is 4.52 Å². The predicted molar refractivity (Wildman–Crippen MR) is 95.7 cm³/mol. The second kappa shape index (κ2) is 8.46. The normalized spacial score (nSPS) is 14.9. The lowest BCUT2D eigenvalue weighted by atomic mass is 9.96. The second-order valence-electron chi connectivity index (χ2n) is 6.33. The number of benzene rings is 1. The predicted octanol–water partition coefficient (Wildman–Crippen LogP) is 3.77. The van der Waals surface area contributed by atoms with Crippen LogP contribution in [-0.2, 0) is 6.54 Å². The first-order valence-electron chi connectivity index (χ1n) is 8.80. The first kappa shape index (κ1) is 17.2. The highest BCUT2D eigenvalue weighted by molar-refractivity contribution is 5.74. The van der Waals surface area contributed by atoms with Gasteiger partial charge < -0.3 is 14.7 Å². The summed E-state index contributed by atoms with van der Waals surface area (Å²) < 4.78 is 5.32. The Bertz CT molecular complexity index is 692. The molecule has 0 aliphatic heterocycles. The van der Waals surface area contributed by atoms with Crippen LogP contribution in [0.1, 0.15) is 38.0 Å². The van der Waals surface area contributed by atoms with Gasteiger partial charge in [-0.3, -0.25) is 0 Å². The molecule has 1 aliphatic rings. The van der Waals surface area contributed by atoms with E-state index in [1.807, 2.05) is 30.3 Å². The van der Waals surface area contributed by atoms with Crippen LogP contribution in [0.2, 0.25) is 0 Å². The lowest BCUT2D eigenvalue weighted by molar-refractivity contribution is 0.185. The Morgan fingerprint density at radius 2 is 2.04 bits per heavy atom. The summed E-state index contributed by atoms with van der Waals surface area (Å²) in [6.07, 6.45) is 7.41. The van der Waals surface area contributed by atoms with Gasteiger partial charge in [0.2, 0.25) is 11.7 Å². The van der Waals surface area contributed by atoms with Crippen molar-refractivity contribution in [2.24, 2.45) is 0 Å². The molecule has 0 radical (unpaired) electrons. The number of carbonyl (C=O) groups excluding carboxylic acids is 1. The molecule has 6 heteroatoms. The minimum absolute atomic E-state index is 0.105. The van der Waals surface area contributed by atoms with Crippen LogP contribution in [0.5, 0.6) is 0 Å². The summed E-state index contributed by atoms with van der Waals surface area (Å²) >= 11 is 0. The highest BCUT2D eigenvalue weighted by Gasteiger charge is 2.21. The Balaban J connectivity index is 1.64. The molecule has 132 valence electrons. The molecule has 1 N–H and O–H groups in total. The van der Waals surface area contributed by atoms with Crippen LogP contribution in [0, 0.1) is 0 Å². The Morgan fingerprint density at radius 3 is 2.76 bits per heavy atom. The molecule has 0 spiro atoms. The molecule has 25 heavy (non-hydrogen) atoms. The molecule has 0 unspecified atom stereocenters. The summed E-state index contributed by atoms with van der Waals surface area (Å²) in [6, 6.07) is 9.78. The van der Waals surface area contributed by atoms with Crippen molar-refractivity contribution in [3.63, 3.8) is 0 Å². The van der Waals surface area contributed by atoms with Crippen molar-refractivity contribution in [1.82, 2.24) is 20.4 Å². The largest absolute Gasteiger partial charge is 0.337 e. The molecule has 2 aromatic rings. The lowest BCUT2D eigenvalue weighted by Gasteiger charge is -2.27. The Morgan fingerprint density at radius 1 is 1.28 bits per heavy atom. The van der Waals surface area contributed by atoms with Gasteiger partial charge in [0.15, 0.2) is 0 Å². The topological polar surface area (TPSA) is 71.3 Å². The summed E-state index contributed by atoms with van der Waals surface area (Å²) in [5, 5.41) is 7.12. The van der Waals surface area contributed by atoms with Gasteiger partial charge in [0.1, 0.15) is 6.54 Å². The van der Waals surface area contributed by atoms with Crippen LogP contribution in [0.4, 0.5) is 4.79 Å². The third-order valence-electron chi connectivity index (χ3n) is 4.40. The molecule has 1 aliphatic carbocycles. The standard InChI is InChI=1S/C19H24N4O2/c1-2-13-23(19(24)20-16-11-7-4-8-12-16)14-17-21-18(22-25-17)15-9-5-3-6-10-15/h2-3,5-6,9-10,16H,1,4,7-8,11-14H2,(H,20,24). The van der Waals surface area contributed by atoms with Crippen LogP contribution in [0.25, 0.3) is 11.4 Å². The summed E-state index contributed by atoms with van der Waals surface area (Å²) in [5.41, 5.74) is 0.888. The second-order valence-corrected chi connectivity index (χ2v) is 6.33. The monoisotopic (exact) mass is 340 g/mol. The number of hydrogen-bond acceptors (Lipinski definition) is 4. The van der Waals surface area contributed by atoms with Gasteiger partial charge in [-0.1, -0.05) is 60.8 Å². The van der Waals surface area contributed by atoms with Gasteiger partial charge in [-0.2, -0.15) is 4.98 Å². The maximum atomic E-state index is 12.6. The van der Waals surface area contributed by atoms with Gasteiger partial charge >= 0.3 is 6.03 Å². The smallest absolute Gasteiger partial charge is 0.318 e. The number of rotatable bonds is 6. The van der Waals surface area contributed by atoms with Crippen LogP contribution in [-0.4, -0.2) is 33.7 Å². The van der Waals surface area contributed by atoms with Crippen molar-refractivity contribution < 1.29 is 9.32 Å². The molecular weight excluding hydrogens is 316 g/mol. The molecule has 1 heterocycles. The third kappa shape index (κ3) is 4.68. The molecule has 0 saturated heterocycles. The van der Waals surface area contributed by atoms with Gasteiger partial charge in [-0.15, -0.1) is 6.58 Å². The van der Waals surface area contributed by atoms with E-state index in [0.29, 0.717) is 18.3 Å². The van der Waals surface area contributed by atoms with E-state index in [1.54, 1.807) is 11.0 Å². The van der Waals surface area contributed by atoms with Crippen molar-refractivity contribution in [2.45, 2.75) is 44.7 Å². The van der Waals surface area contributed by atoms with Crippen molar-refractivity contribution in [2.75, 3.05) is 6.54 Å². The van der Waals surface area contributed by atoms with Gasteiger partial charge in [-0.05, 0) is 12.8 Å². The molecule has 1 saturated carbocycles. The third-order valence-corrected chi connectivity index (χ3v) is 4.40. The van der Waals surface area contributed by atoms with Gasteiger partial charge in [0, 0.05) is 18.2 Å². The van der Waals surface area contributed by atoms with Gasteiger partial charge in [-0.25, -0.2) is 4.79 Å². The van der Waals surface area contributed by atoms with Gasteiger partial charge in [0.05, 0.1) is 0 Å². The maximum absolute atomic E-state index is 12.6. The van der Waals surface area contributed by atoms with E-state index in [0.717, 1.165) is 18.4 Å². The summed E-state index contributed by atoms with van der Waals surface area (Å²) in [7, 11) is 0. The fourth-order valence-electron chi connectivity index (χ4n) is 3.07. The average Bonchev–Trinajstić information content (AvgIpc) is 3.11. The Labute approximate surface area is 147 Å². The fraction of sp³-hybridized carbons (Fsp3) is 0.421. The number of hydrogen-bond donors (Lipinski definition) is 1. The van der Waals surface area contributed by atoms with Crippen molar-refractivity contribution >= 4 is 6.03 Å². The van der Waals surface area contributed by atoms with E-state index < -0.39 is 0 Å². The van der Waals surface area contributed by atoms with Crippen LogP contribution < -0.4 is 5.32 Å². The Hall–Kier alpha value is -2.63. The molecule has 0 atom stereocenters. The summed E-state index contributed by atoms with van der Waals surface area (Å²) in [4.78, 5) is 18.6. The van der Waals surface area contributed by atoms with Gasteiger partial charge in [0.25, 0.3) is 0 Å². The molecule has 0 bridgehead atoms. The molecule has 2 amide bonds. The van der Waals surface area contributed by atoms with Crippen LogP contribution in [0.15, 0.2) is 47.5 Å². The number of carbonyl (C=O) groups is 1. The minimum Gasteiger partial charge on any atom is -0.337 e. The molecule has 1 fully saturated rings. The van der Waals surface area contributed by atoms with Crippen molar-refractivity contribution in [3.05, 3.63) is 48.9 Å².